The Hall–Kier alpha value is -0.880. The first-order chi connectivity index (χ1) is 6.95. The number of amides is 1. The third-order valence-corrected chi connectivity index (χ3v) is 2.62. The molecule has 0 bridgehead atoms. The molecule has 0 heterocycles. The lowest BCUT2D eigenvalue weighted by molar-refractivity contribution is -0.120. The minimum atomic E-state index is -2.92. The highest BCUT2D eigenvalue weighted by Gasteiger charge is 2.02. The first kappa shape index (κ1) is 14.1. The molecule has 0 aliphatic carbocycles. The van der Waals surface area contributed by atoms with Crippen LogP contribution >= 0.6 is 0 Å². The van der Waals surface area contributed by atoms with E-state index in [1.54, 1.807) is 6.08 Å². The predicted molar refractivity (Wildman–Crippen MR) is 60.4 cm³/mol. The van der Waals surface area contributed by atoms with E-state index in [1.807, 2.05) is 0 Å². The minimum Gasteiger partial charge on any atom is -0.355 e. The number of hydrogen-bond acceptors (Lipinski definition) is 4. The lowest BCUT2D eigenvalue weighted by atomic mass is 10.4. The van der Waals surface area contributed by atoms with Crippen LogP contribution in [0, 0.1) is 0 Å². The van der Waals surface area contributed by atoms with E-state index < -0.39 is 9.84 Å². The quantitative estimate of drug-likeness (QED) is 0.431. The first-order valence-electron chi connectivity index (χ1n) is 4.72. The zero-order valence-electron chi connectivity index (χ0n) is 8.95. The Morgan fingerprint density at radius 2 is 2.13 bits per heavy atom. The van der Waals surface area contributed by atoms with Gasteiger partial charge in [-0.1, -0.05) is 6.08 Å². The van der Waals surface area contributed by atoms with Crippen LogP contribution in [0.15, 0.2) is 12.7 Å². The minimum absolute atomic E-state index is 0.105. The Labute approximate surface area is 90.9 Å². The molecule has 0 radical (unpaired) electrons. The van der Waals surface area contributed by atoms with Crippen molar-refractivity contribution in [2.75, 3.05) is 31.6 Å². The average Bonchev–Trinajstić information content (AvgIpc) is 2.11. The summed E-state index contributed by atoms with van der Waals surface area (Å²) in [5.74, 6) is -0.0294. The third kappa shape index (κ3) is 11.0. The molecular weight excluding hydrogens is 216 g/mol. The number of hydrogen-bond donors (Lipinski definition) is 2. The summed E-state index contributed by atoms with van der Waals surface area (Å²) in [6.07, 6.45) is 3.30. The largest absolute Gasteiger partial charge is 0.355 e. The van der Waals surface area contributed by atoms with Crippen molar-refractivity contribution in [2.45, 2.75) is 6.42 Å². The van der Waals surface area contributed by atoms with E-state index in [9.17, 15) is 13.2 Å². The van der Waals surface area contributed by atoms with Crippen LogP contribution in [0.2, 0.25) is 0 Å². The molecule has 0 saturated carbocycles. The van der Waals surface area contributed by atoms with Gasteiger partial charge in [-0.25, -0.2) is 8.42 Å². The zero-order valence-corrected chi connectivity index (χ0v) is 9.77. The van der Waals surface area contributed by atoms with Crippen LogP contribution in [0.4, 0.5) is 0 Å². The number of carbonyl (C=O) groups is 1. The maximum absolute atomic E-state index is 11.1. The zero-order chi connectivity index (χ0) is 11.7. The normalized spacial score (nSPS) is 11.0. The summed E-state index contributed by atoms with van der Waals surface area (Å²) in [7, 11) is -2.92. The van der Waals surface area contributed by atoms with Crippen molar-refractivity contribution in [3.63, 3.8) is 0 Å². The summed E-state index contributed by atoms with van der Waals surface area (Å²) in [4.78, 5) is 11.1. The molecule has 88 valence electrons. The van der Waals surface area contributed by atoms with Crippen molar-refractivity contribution in [2.24, 2.45) is 0 Å². The summed E-state index contributed by atoms with van der Waals surface area (Å²) in [5, 5.41) is 5.46. The van der Waals surface area contributed by atoms with Gasteiger partial charge in [-0.15, -0.1) is 6.58 Å². The molecule has 0 aromatic carbocycles. The van der Waals surface area contributed by atoms with E-state index >= 15 is 0 Å². The predicted octanol–water partition coefficient (Wildman–Crippen LogP) is -0.687. The van der Waals surface area contributed by atoms with Crippen molar-refractivity contribution in [3.8, 4) is 0 Å². The van der Waals surface area contributed by atoms with Crippen LogP contribution in [-0.4, -0.2) is 46.0 Å². The second-order valence-corrected chi connectivity index (χ2v) is 5.51. The molecule has 0 aromatic heterocycles. The van der Waals surface area contributed by atoms with Gasteiger partial charge < -0.3 is 10.6 Å². The van der Waals surface area contributed by atoms with Gasteiger partial charge in [0.2, 0.25) is 5.91 Å². The molecule has 5 nitrogen and oxygen atoms in total. The van der Waals surface area contributed by atoms with E-state index in [-0.39, 0.29) is 18.2 Å². The highest BCUT2D eigenvalue weighted by Crippen LogP contribution is 1.86. The summed E-state index contributed by atoms with van der Waals surface area (Å²) in [6.45, 7) is 4.70. The monoisotopic (exact) mass is 234 g/mol. The van der Waals surface area contributed by atoms with Crippen LogP contribution in [0.3, 0.4) is 0 Å². The van der Waals surface area contributed by atoms with Crippen molar-refractivity contribution < 1.29 is 13.2 Å². The Morgan fingerprint density at radius 3 is 2.67 bits per heavy atom. The summed E-state index contributed by atoms with van der Waals surface area (Å²) >= 11 is 0. The van der Waals surface area contributed by atoms with Crippen molar-refractivity contribution in [1.82, 2.24) is 10.6 Å². The topological polar surface area (TPSA) is 75.3 Å². The highest BCUT2D eigenvalue weighted by molar-refractivity contribution is 7.90. The first-order valence-corrected chi connectivity index (χ1v) is 6.78. The molecule has 0 saturated heterocycles. The number of sulfone groups is 1. The number of carbonyl (C=O) groups excluding carboxylic acids is 1. The second kappa shape index (κ2) is 7.42. The molecule has 0 atom stereocenters. The molecule has 0 aliphatic heterocycles. The molecule has 6 heteroatoms. The summed E-state index contributed by atoms with van der Waals surface area (Å²) in [6, 6.07) is 0. The lowest BCUT2D eigenvalue weighted by Gasteiger charge is -2.04. The third-order valence-electron chi connectivity index (χ3n) is 1.59. The van der Waals surface area contributed by atoms with Gasteiger partial charge in [0.05, 0.1) is 12.3 Å². The van der Waals surface area contributed by atoms with E-state index in [1.165, 1.54) is 6.26 Å². The Morgan fingerprint density at radius 1 is 1.47 bits per heavy atom. The van der Waals surface area contributed by atoms with Crippen molar-refractivity contribution in [1.29, 1.82) is 0 Å². The van der Waals surface area contributed by atoms with Crippen molar-refractivity contribution in [3.05, 3.63) is 12.7 Å². The average molecular weight is 234 g/mol. The maximum atomic E-state index is 11.1. The Kier molecular flexibility index (Phi) is 6.98. The molecule has 15 heavy (non-hydrogen) atoms. The summed E-state index contributed by atoms with van der Waals surface area (Å²) in [5.41, 5.74) is 0. The van der Waals surface area contributed by atoms with E-state index in [0.29, 0.717) is 19.5 Å². The van der Waals surface area contributed by atoms with E-state index in [4.69, 9.17) is 0 Å². The SMILES string of the molecule is C=CCNCC(=O)NCCCS(C)(=O)=O. The fraction of sp³-hybridized carbons (Fsp3) is 0.667. The molecule has 0 spiro atoms. The van der Waals surface area contributed by atoms with Gasteiger partial charge in [0.15, 0.2) is 0 Å². The Balaban J connectivity index is 3.43. The molecule has 0 fully saturated rings. The van der Waals surface area contributed by atoms with Gasteiger partial charge in [-0.05, 0) is 6.42 Å². The van der Waals surface area contributed by atoms with Gasteiger partial charge in [0.1, 0.15) is 9.84 Å². The molecule has 0 rings (SSSR count). The molecular formula is C9H18N2O3S. The molecule has 0 aliphatic rings. The molecule has 1 amide bonds. The smallest absolute Gasteiger partial charge is 0.233 e. The molecule has 2 N–H and O–H groups in total. The standard InChI is InChI=1S/C9H18N2O3S/c1-3-5-10-8-9(12)11-6-4-7-15(2,13)14/h3,10H,1,4-8H2,2H3,(H,11,12). The van der Waals surface area contributed by atoms with E-state index in [0.717, 1.165) is 0 Å². The van der Waals surface area contributed by atoms with Crippen molar-refractivity contribution >= 4 is 15.7 Å². The van der Waals surface area contributed by atoms with E-state index in [2.05, 4.69) is 17.2 Å². The Bertz CT molecular complexity index is 298. The molecule has 0 unspecified atom stereocenters. The number of rotatable bonds is 8. The van der Waals surface area contributed by atoms with Gasteiger partial charge in [-0.3, -0.25) is 4.79 Å². The van der Waals surface area contributed by atoms with Crippen LogP contribution in [0.1, 0.15) is 6.42 Å². The van der Waals surface area contributed by atoms with Crippen LogP contribution < -0.4 is 10.6 Å². The van der Waals surface area contributed by atoms with Crippen LogP contribution in [0.5, 0.6) is 0 Å². The van der Waals surface area contributed by atoms with Gasteiger partial charge in [0, 0.05) is 19.3 Å². The maximum Gasteiger partial charge on any atom is 0.233 e. The fourth-order valence-electron chi connectivity index (χ4n) is 0.912. The summed E-state index contributed by atoms with van der Waals surface area (Å²) < 4.78 is 21.5. The fourth-order valence-corrected chi connectivity index (χ4v) is 1.58. The van der Waals surface area contributed by atoms with Gasteiger partial charge >= 0.3 is 0 Å². The van der Waals surface area contributed by atoms with Crippen LogP contribution in [-0.2, 0) is 14.6 Å². The van der Waals surface area contributed by atoms with Crippen LogP contribution in [0.25, 0.3) is 0 Å². The molecule has 0 aromatic rings. The highest BCUT2D eigenvalue weighted by atomic mass is 32.2. The number of nitrogens with one attached hydrogen (secondary N) is 2. The second-order valence-electron chi connectivity index (χ2n) is 3.25. The van der Waals surface area contributed by atoms with Gasteiger partial charge in [0.25, 0.3) is 0 Å². The lowest BCUT2D eigenvalue weighted by Crippen LogP contribution is -2.34. The van der Waals surface area contributed by atoms with Gasteiger partial charge in [-0.2, -0.15) is 0 Å².